The molecule has 0 aliphatic heterocycles. The lowest BCUT2D eigenvalue weighted by Crippen LogP contribution is -2.44. The van der Waals surface area contributed by atoms with Crippen LogP contribution in [0.15, 0.2) is 42.7 Å². The predicted molar refractivity (Wildman–Crippen MR) is 93.5 cm³/mol. The molecule has 3 rings (SSSR count). The molecule has 1 fully saturated rings. The number of benzene rings is 1. The summed E-state index contributed by atoms with van der Waals surface area (Å²) in [6.45, 7) is 0.0328. The maximum absolute atomic E-state index is 12.4. The Morgan fingerprint density at radius 3 is 2.68 bits per heavy atom. The molecular formula is C19H23N3O3. The monoisotopic (exact) mass is 341 g/mol. The zero-order chi connectivity index (χ0) is 17.6. The fourth-order valence-electron chi connectivity index (χ4n) is 3.32. The van der Waals surface area contributed by atoms with Crippen LogP contribution in [0.4, 0.5) is 0 Å². The molecule has 0 saturated heterocycles. The minimum Gasteiger partial charge on any atom is -0.396 e. The maximum atomic E-state index is 12.4. The van der Waals surface area contributed by atoms with Crippen LogP contribution < -0.4 is 5.32 Å². The molecule has 2 unspecified atom stereocenters. The quantitative estimate of drug-likeness (QED) is 0.496. The van der Waals surface area contributed by atoms with E-state index in [1.54, 1.807) is 10.9 Å². The van der Waals surface area contributed by atoms with Crippen molar-refractivity contribution in [2.24, 2.45) is 5.92 Å². The molecule has 2 N–H and O–H groups in total. The number of hydrogen-bond donors (Lipinski definition) is 2. The Hall–Kier alpha value is -2.47. The molecule has 1 heterocycles. The van der Waals surface area contributed by atoms with Crippen LogP contribution in [0.3, 0.4) is 0 Å². The van der Waals surface area contributed by atoms with Crippen LogP contribution in [0.1, 0.15) is 42.5 Å². The molecule has 6 heteroatoms. The summed E-state index contributed by atoms with van der Waals surface area (Å²) in [5.41, 5.74) is 1.08. The zero-order valence-electron chi connectivity index (χ0n) is 14.1. The van der Waals surface area contributed by atoms with Gasteiger partial charge in [-0.1, -0.05) is 37.5 Å². The van der Waals surface area contributed by atoms with E-state index in [4.69, 9.17) is 0 Å². The number of aliphatic hydroxyl groups excluding tert-OH is 1. The number of aromatic nitrogens is 2. The van der Waals surface area contributed by atoms with E-state index >= 15 is 0 Å². The van der Waals surface area contributed by atoms with E-state index in [0.29, 0.717) is 0 Å². The predicted octanol–water partition coefficient (Wildman–Crippen LogP) is 2.11. The number of rotatable bonds is 5. The molecule has 2 atom stereocenters. The number of nitrogens with one attached hydrogen (secondary N) is 1. The third-order valence-corrected chi connectivity index (χ3v) is 4.78. The van der Waals surface area contributed by atoms with Crippen LogP contribution in [0.2, 0.25) is 0 Å². The lowest BCUT2D eigenvalue weighted by atomic mass is 9.95. The highest BCUT2D eigenvalue weighted by molar-refractivity contribution is 6.42. The van der Waals surface area contributed by atoms with E-state index < -0.39 is 11.7 Å². The summed E-state index contributed by atoms with van der Waals surface area (Å²) < 4.78 is 1.57. The number of Topliss-reactive ketones (excluding diaryl/α,β-unsaturated/α-hetero) is 1. The number of nitrogens with zero attached hydrogens (tertiary/aromatic N) is 2. The number of hydrogen-bond acceptors (Lipinski definition) is 4. The van der Waals surface area contributed by atoms with Crippen molar-refractivity contribution in [1.29, 1.82) is 0 Å². The first-order valence-electron chi connectivity index (χ1n) is 8.75. The number of amides is 1. The van der Waals surface area contributed by atoms with Crippen molar-refractivity contribution >= 4 is 11.7 Å². The highest BCUT2D eigenvalue weighted by Gasteiger charge is 2.27. The number of carbonyl (C=O) groups is 2. The van der Waals surface area contributed by atoms with Crippen molar-refractivity contribution in [3.8, 4) is 5.69 Å². The minimum absolute atomic E-state index is 0.0197. The number of para-hydroxylation sites is 1. The molecule has 2 aromatic rings. The van der Waals surface area contributed by atoms with Crippen molar-refractivity contribution in [2.75, 3.05) is 6.61 Å². The van der Waals surface area contributed by atoms with Crippen LogP contribution in [-0.4, -0.2) is 39.2 Å². The van der Waals surface area contributed by atoms with E-state index in [0.717, 1.165) is 37.8 Å². The van der Waals surface area contributed by atoms with Gasteiger partial charge >= 0.3 is 0 Å². The van der Waals surface area contributed by atoms with Gasteiger partial charge in [-0.15, -0.1) is 0 Å². The van der Waals surface area contributed by atoms with E-state index in [1.165, 1.54) is 6.20 Å². The molecule has 25 heavy (non-hydrogen) atoms. The summed E-state index contributed by atoms with van der Waals surface area (Å²) in [5.74, 6) is -1.20. The molecule has 1 aliphatic rings. The van der Waals surface area contributed by atoms with Gasteiger partial charge in [0.05, 0.1) is 17.4 Å². The topological polar surface area (TPSA) is 84.2 Å². The summed E-state index contributed by atoms with van der Waals surface area (Å²) in [4.78, 5) is 24.8. The van der Waals surface area contributed by atoms with Gasteiger partial charge in [0.25, 0.3) is 11.7 Å². The van der Waals surface area contributed by atoms with Gasteiger partial charge in [0.1, 0.15) is 0 Å². The van der Waals surface area contributed by atoms with Crippen LogP contribution >= 0.6 is 0 Å². The van der Waals surface area contributed by atoms with Gasteiger partial charge in [0.15, 0.2) is 0 Å². The Kier molecular flexibility index (Phi) is 5.60. The lowest BCUT2D eigenvalue weighted by molar-refractivity contribution is -0.118. The Labute approximate surface area is 146 Å². The van der Waals surface area contributed by atoms with E-state index in [-0.39, 0.29) is 24.1 Å². The fourth-order valence-corrected chi connectivity index (χ4v) is 3.32. The molecule has 1 aromatic carbocycles. The van der Waals surface area contributed by atoms with Gasteiger partial charge in [-0.3, -0.25) is 9.59 Å². The van der Waals surface area contributed by atoms with Gasteiger partial charge in [-0.2, -0.15) is 5.10 Å². The standard InChI is InChI=1S/C19H23N3O3/c23-13-14-7-3-1-6-10-17(14)21-19(25)18(24)15-11-20-22(12-15)16-8-4-2-5-9-16/h2,4-5,8-9,11-12,14,17,23H,1,3,6-7,10,13H2,(H,21,25). The third kappa shape index (κ3) is 4.14. The van der Waals surface area contributed by atoms with Gasteiger partial charge in [-0.25, -0.2) is 4.68 Å². The Morgan fingerprint density at radius 1 is 1.16 bits per heavy atom. The van der Waals surface area contributed by atoms with E-state index in [1.807, 2.05) is 30.3 Å². The largest absolute Gasteiger partial charge is 0.396 e. The molecule has 1 saturated carbocycles. The van der Waals surface area contributed by atoms with Gasteiger partial charge in [-0.05, 0) is 25.0 Å². The summed E-state index contributed by atoms with van der Waals surface area (Å²) in [7, 11) is 0. The molecule has 0 radical (unpaired) electrons. The Bertz CT molecular complexity index is 727. The van der Waals surface area contributed by atoms with Crippen LogP contribution in [0.25, 0.3) is 5.69 Å². The van der Waals surface area contributed by atoms with Crippen LogP contribution in [-0.2, 0) is 4.79 Å². The summed E-state index contributed by atoms with van der Waals surface area (Å²) in [6, 6.07) is 9.26. The molecule has 0 bridgehead atoms. The molecule has 1 aromatic heterocycles. The van der Waals surface area contributed by atoms with Gasteiger partial charge < -0.3 is 10.4 Å². The van der Waals surface area contributed by atoms with E-state index in [2.05, 4.69) is 10.4 Å². The first-order valence-corrected chi connectivity index (χ1v) is 8.75. The van der Waals surface area contributed by atoms with Crippen LogP contribution in [0, 0.1) is 5.92 Å². The molecule has 6 nitrogen and oxygen atoms in total. The van der Waals surface area contributed by atoms with E-state index in [9.17, 15) is 14.7 Å². The first-order chi connectivity index (χ1) is 12.2. The second kappa shape index (κ2) is 8.07. The highest BCUT2D eigenvalue weighted by atomic mass is 16.3. The number of carbonyl (C=O) groups excluding carboxylic acids is 2. The lowest BCUT2D eigenvalue weighted by Gasteiger charge is -2.23. The smallest absolute Gasteiger partial charge is 0.292 e. The average Bonchev–Trinajstić information content (AvgIpc) is 3.03. The Morgan fingerprint density at radius 2 is 1.92 bits per heavy atom. The first kappa shape index (κ1) is 17.4. The van der Waals surface area contributed by atoms with Crippen molar-refractivity contribution in [3.63, 3.8) is 0 Å². The molecular weight excluding hydrogens is 318 g/mol. The highest BCUT2D eigenvalue weighted by Crippen LogP contribution is 2.23. The normalized spacial score (nSPS) is 20.7. The van der Waals surface area contributed by atoms with Crippen molar-refractivity contribution < 1.29 is 14.7 Å². The molecule has 0 spiro atoms. The fraction of sp³-hybridized carbons (Fsp3) is 0.421. The number of aliphatic hydroxyl groups is 1. The summed E-state index contributed by atoms with van der Waals surface area (Å²) >= 11 is 0. The number of ketones is 1. The second-order valence-electron chi connectivity index (χ2n) is 6.50. The Balaban J connectivity index is 1.68. The molecule has 1 amide bonds. The maximum Gasteiger partial charge on any atom is 0.292 e. The SMILES string of the molecule is O=C(NC1CCCCCC1CO)C(=O)c1cnn(-c2ccccc2)c1. The van der Waals surface area contributed by atoms with Gasteiger partial charge in [0.2, 0.25) is 0 Å². The molecule has 132 valence electrons. The van der Waals surface area contributed by atoms with Gasteiger partial charge in [0, 0.05) is 24.8 Å². The second-order valence-corrected chi connectivity index (χ2v) is 6.50. The van der Waals surface area contributed by atoms with Crippen LogP contribution in [0.5, 0.6) is 0 Å². The summed E-state index contributed by atoms with van der Waals surface area (Å²) in [6.07, 6.45) is 7.80. The van der Waals surface area contributed by atoms with Crippen molar-refractivity contribution in [2.45, 2.75) is 38.1 Å². The minimum atomic E-state index is -0.627. The average molecular weight is 341 g/mol. The summed E-state index contributed by atoms with van der Waals surface area (Å²) in [5, 5.41) is 16.5. The third-order valence-electron chi connectivity index (χ3n) is 4.78. The molecule has 1 aliphatic carbocycles. The zero-order valence-corrected chi connectivity index (χ0v) is 14.1. The van der Waals surface area contributed by atoms with Crippen molar-refractivity contribution in [3.05, 3.63) is 48.3 Å². The van der Waals surface area contributed by atoms with Crippen molar-refractivity contribution in [1.82, 2.24) is 15.1 Å².